The lowest BCUT2D eigenvalue weighted by molar-refractivity contribution is -0.259. The molecule has 2 aliphatic rings. The van der Waals surface area contributed by atoms with Crippen molar-refractivity contribution in [3.63, 3.8) is 0 Å². The number of nitrogens with zero attached hydrogens (tertiary/aromatic N) is 2. The van der Waals surface area contributed by atoms with Crippen LogP contribution in [0.5, 0.6) is 0 Å². The van der Waals surface area contributed by atoms with Crippen LogP contribution in [-0.2, 0) is 4.74 Å². The summed E-state index contributed by atoms with van der Waals surface area (Å²) in [6, 6.07) is 7.66. The summed E-state index contributed by atoms with van der Waals surface area (Å²) in [5, 5.41) is 18.3. The Balaban J connectivity index is 1.53. The van der Waals surface area contributed by atoms with Crippen LogP contribution in [0.4, 0.5) is 0 Å². The second-order valence-corrected chi connectivity index (χ2v) is 7.22. The minimum atomic E-state index is -0.342. The summed E-state index contributed by atoms with van der Waals surface area (Å²) in [4.78, 5) is 14.7. The number of para-hydroxylation sites is 1. The van der Waals surface area contributed by atoms with Crippen LogP contribution in [0.25, 0.3) is 10.9 Å². The molecule has 1 aromatic heterocycles. The molecule has 2 fully saturated rings. The fourth-order valence-corrected chi connectivity index (χ4v) is 4.52. The largest absolute Gasteiger partial charge is 0.392 e. The van der Waals surface area contributed by atoms with Crippen molar-refractivity contribution in [2.45, 2.75) is 37.9 Å². The summed E-state index contributed by atoms with van der Waals surface area (Å²) in [5.41, 5.74) is 0.827. The minimum absolute atomic E-state index is 0.0461. The second-order valence-electron chi connectivity index (χ2n) is 7.22. The number of H-pyrrole nitrogens is 1. The standard InChI is InChI=1S/C18H23N3O3/c1-17(24-2)11-14(22)18(17)7-9-21(10-8-18)16(23)15-12-5-3-4-6-13(12)19-20-15/h3-6,14,22H,7-11H2,1-2H3,(H,19,20)/t14-,17+/m1/s1. The van der Waals surface area contributed by atoms with Gasteiger partial charge in [-0.1, -0.05) is 18.2 Å². The zero-order valence-electron chi connectivity index (χ0n) is 14.1. The topological polar surface area (TPSA) is 78.5 Å². The van der Waals surface area contributed by atoms with Crippen molar-refractivity contribution in [1.29, 1.82) is 0 Å². The first-order valence-corrected chi connectivity index (χ1v) is 8.46. The van der Waals surface area contributed by atoms with E-state index in [9.17, 15) is 9.90 Å². The third kappa shape index (κ3) is 1.96. The smallest absolute Gasteiger partial charge is 0.274 e. The van der Waals surface area contributed by atoms with Crippen molar-refractivity contribution in [3.8, 4) is 0 Å². The van der Waals surface area contributed by atoms with Crippen LogP contribution in [0.15, 0.2) is 24.3 Å². The van der Waals surface area contributed by atoms with Crippen LogP contribution in [0.2, 0.25) is 0 Å². The van der Waals surface area contributed by atoms with Gasteiger partial charge in [0.2, 0.25) is 0 Å². The number of fused-ring (bicyclic) bond motifs is 1. The van der Waals surface area contributed by atoms with Crippen LogP contribution in [0, 0.1) is 5.41 Å². The average Bonchev–Trinajstić information content (AvgIpc) is 3.05. The zero-order chi connectivity index (χ0) is 16.9. The average molecular weight is 329 g/mol. The van der Waals surface area contributed by atoms with E-state index < -0.39 is 0 Å². The Kier molecular flexibility index (Phi) is 3.44. The Morgan fingerprint density at radius 2 is 2.08 bits per heavy atom. The first-order chi connectivity index (χ1) is 11.5. The highest BCUT2D eigenvalue weighted by Crippen LogP contribution is 2.58. The van der Waals surface area contributed by atoms with Gasteiger partial charge < -0.3 is 14.7 Å². The number of benzene rings is 1. The summed E-state index contributed by atoms with van der Waals surface area (Å²) >= 11 is 0. The lowest BCUT2D eigenvalue weighted by atomic mass is 9.51. The number of likely N-dealkylation sites (tertiary alicyclic amines) is 1. The van der Waals surface area contributed by atoms with Gasteiger partial charge in [-0.05, 0) is 25.8 Å². The lowest BCUT2D eigenvalue weighted by Gasteiger charge is -2.62. The Labute approximate surface area is 140 Å². The molecule has 6 nitrogen and oxygen atoms in total. The van der Waals surface area contributed by atoms with E-state index in [-0.39, 0.29) is 23.0 Å². The Hall–Kier alpha value is -1.92. The van der Waals surface area contributed by atoms with Gasteiger partial charge >= 0.3 is 0 Å². The van der Waals surface area contributed by atoms with E-state index in [1.165, 1.54) is 0 Å². The Bertz CT molecular complexity index is 779. The molecule has 2 N–H and O–H groups in total. The molecule has 4 rings (SSSR count). The number of ether oxygens (including phenoxy) is 1. The van der Waals surface area contributed by atoms with E-state index in [1.807, 2.05) is 29.2 Å². The van der Waals surface area contributed by atoms with Crippen LogP contribution in [0.1, 0.15) is 36.7 Å². The van der Waals surface area contributed by atoms with E-state index in [0.717, 1.165) is 23.7 Å². The molecule has 2 heterocycles. The second kappa shape index (κ2) is 5.29. The van der Waals surface area contributed by atoms with Crippen LogP contribution < -0.4 is 0 Å². The fourth-order valence-electron chi connectivity index (χ4n) is 4.52. The van der Waals surface area contributed by atoms with Crippen LogP contribution in [-0.4, -0.2) is 58.0 Å². The van der Waals surface area contributed by atoms with Gasteiger partial charge in [-0.2, -0.15) is 5.10 Å². The molecule has 0 radical (unpaired) electrons. The van der Waals surface area contributed by atoms with E-state index in [4.69, 9.17) is 4.74 Å². The Morgan fingerprint density at radius 3 is 2.75 bits per heavy atom. The molecule has 0 bridgehead atoms. The number of amides is 1. The number of methoxy groups -OCH3 is 1. The molecule has 1 aromatic carbocycles. The molecular weight excluding hydrogens is 306 g/mol. The quantitative estimate of drug-likeness (QED) is 0.883. The molecule has 24 heavy (non-hydrogen) atoms. The van der Waals surface area contributed by atoms with Crippen molar-refractivity contribution in [2.75, 3.05) is 20.2 Å². The van der Waals surface area contributed by atoms with Crippen molar-refractivity contribution >= 4 is 16.8 Å². The van der Waals surface area contributed by atoms with E-state index in [0.29, 0.717) is 25.2 Å². The monoisotopic (exact) mass is 329 g/mol. The van der Waals surface area contributed by atoms with Crippen molar-refractivity contribution < 1.29 is 14.6 Å². The highest BCUT2D eigenvalue weighted by molar-refractivity contribution is 6.04. The number of carbonyl (C=O) groups is 1. The number of piperidine rings is 1. The molecule has 128 valence electrons. The molecule has 1 spiro atoms. The summed E-state index contributed by atoms with van der Waals surface area (Å²) in [7, 11) is 1.71. The molecule has 1 aliphatic carbocycles. The van der Waals surface area contributed by atoms with Gasteiger partial charge in [0.25, 0.3) is 5.91 Å². The van der Waals surface area contributed by atoms with E-state index >= 15 is 0 Å². The number of aromatic nitrogens is 2. The molecular formula is C18H23N3O3. The fraction of sp³-hybridized carbons (Fsp3) is 0.556. The van der Waals surface area contributed by atoms with Gasteiger partial charge in [-0.3, -0.25) is 9.89 Å². The molecule has 1 saturated carbocycles. The minimum Gasteiger partial charge on any atom is -0.392 e. The SMILES string of the molecule is CO[C@@]1(C)C[C@@H](O)C12CCN(C(=O)c1n[nH]c3ccccc13)CC2. The predicted molar refractivity (Wildman–Crippen MR) is 89.7 cm³/mol. The first kappa shape index (κ1) is 15.6. The number of carbonyl (C=O) groups excluding carboxylic acids is 1. The summed E-state index contributed by atoms with van der Waals surface area (Å²) < 4.78 is 5.68. The number of nitrogens with one attached hydrogen (secondary N) is 1. The Morgan fingerprint density at radius 1 is 1.38 bits per heavy atom. The highest BCUT2D eigenvalue weighted by Gasteiger charge is 2.63. The summed E-state index contributed by atoms with van der Waals surface area (Å²) in [5.74, 6) is -0.0461. The number of hydrogen-bond donors (Lipinski definition) is 2. The number of aliphatic hydroxyl groups excluding tert-OH is 1. The number of aromatic amines is 1. The molecule has 1 saturated heterocycles. The number of hydrogen-bond acceptors (Lipinski definition) is 4. The molecule has 1 aliphatic heterocycles. The number of rotatable bonds is 2. The molecule has 0 unspecified atom stereocenters. The van der Waals surface area contributed by atoms with Gasteiger partial charge in [0.15, 0.2) is 5.69 Å². The van der Waals surface area contributed by atoms with Crippen molar-refractivity contribution in [1.82, 2.24) is 15.1 Å². The maximum Gasteiger partial charge on any atom is 0.274 e. The van der Waals surface area contributed by atoms with E-state index in [2.05, 4.69) is 17.1 Å². The maximum absolute atomic E-state index is 12.9. The first-order valence-electron chi connectivity index (χ1n) is 8.46. The highest BCUT2D eigenvalue weighted by atomic mass is 16.5. The van der Waals surface area contributed by atoms with E-state index in [1.54, 1.807) is 7.11 Å². The number of aliphatic hydroxyl groups is 1. The predicted octanol–water partition coefficient (Wildman–Crippen LogP) is 1.95. The molecule has 2 atom stereocenters. The van der Waals surface area contributed by atoms with Crippen molar-refractivity contribution in [3.05, 3.63) is 30.0 Å². The molecule has 1 amide bonds. The lowest BCUT2D eigenvalue weighted by Crippen LogP contribution is -2.69. The van der Waals surface area contributed by atoms with Gasteiger partial charge in [0.1, 0.15) is 0 Å². The molecule has 6 heteroatoms. The van der Waals surface area contributed by atoms with Gasteiger partial charge in [-0.15, -0.1) is 0 Å². The summed E-state index contributed by atoms with van der Waals surface area (Å²) in [6.07, 6.45) is 1.84. The van der Waals surface area contributed by atoms with Gasteiger partial charge in [0.05, 0.1) is 17.2 Å². The van der Waals surface area contributed by atoms with Crippen molar-refractivity contribution in [2.24, 2.45) is 5.41 Å². The normalized spacial score (nSPS) is 29.0. The van der Waals surface area contributed by atoms with Gasteiger partial charge in [-0.25, -0.2) is 0 Å². The third-order valence-electron chi connectivity index (χ3n) is 6.34. The maximum atomic E-state index is 12.9. The van der Waals surface area contributed by atoms with Crippen LogP contribution in [0.3, 0.4) is 0 Å². The summed E-state index contributed by atoms with van der Waals surface area (Å²) in [6.45, 7) is 3.31. The van der Waals surface area contributed by atoms with Gasteiger partial charge in [0, 0.05) is 37.4 Å². The zero-order valence-corrected chi connectivity index (χ0v) is 14.1. The molecule has 2 aromatic rings. The van der Waals surface area contributed by atoms with Crippen LogP contribution >= 0.6 is 0 Å². The third-order valence-corrected chi connectivity index (χ3v) is 6.34.